The van der Waals surface area contributed by atoms with Gasteiger partial charge in [-0.1, -0.05) is 43.2 Å². The summed E-state index contributed by atoms with van der Waals surface area (Å²) in [4.78, 5) is 27.6. The third-order valence-electron chi connectivity index (χ3n) is 5.82. The summed E-state index contributed by atoms with van der Waals surface area (Å²) < 4.78 is 19.1. The molecule has 1 aliphatic rings. The van der Waals surface area contributed by atoms with Crippen molar-refractivity contribution in [2.24, 2.45) is 0 Å². The summed E-state index contributed by atoms with van der Waals surface area (Å²) in [6.45, 7) is 2.09. The summed E-state index contributed by atoms with van der Waals surface area (Å²) in [6.07, 6.45) is 4.23. The smallest absolute Gasteiger partial charge is 0.242 e. The van der Waals surface area contributed by atoms with E-state index in [0.29, 0.717) is 17.9 Å². The van der Waals surface area contributed by atoms with E-state index in [0.717, 1.165) is 37.0 Å². The molecule has 0 bridgehead atoms. The molecule has 1 aliphatic carbocycles. The second-order valence-corrected chi connectivity index (χ2v) is 9.11. The topological polar surface area (TPSA) is 58.6 Å². The van der Waals surface area contributed by atoms with E-state index in [2.05, 4.69) is 5.32 Å². The fraction of sp³-hybridized carbons (Fsp3) is 0.440. The van der Waals surface area contributed by atoms with E-state index in [9.17, 15) is 14.0 Å². The first-order chi connectivity index (χ1) is 15.5. The molecule has 1 N–H and O–H groups in total. The van der Waals surface area contributed by atoms with Gasteiger partial charge in [0.2, 0.25) is 11.8 Å². The maximum atomic E-state index is 13.9. The van der Waals surface area contributed by atoms with Crippen molar-refractivity contribution in [1.82, 2.24) is 10.2 Å². The van der Waals surface area contributed by atoms with Crippen molar-refractivity contribution in [2.75, 3.05) is 12.9 Å². The fourth-order valence-electron chi connectivity index (χ4n) is 3.85. The molecule has 2 amide bonds. The van der Waals surface area contributed by atoms with Crippen LogP contribution in [0.3, 0.4) is 0 Å². The summed E-state index contributed by atoms with van der Waals surface area (Å²) in [6, 6.07) is 13.6. The van der Waals surface area contributed by atoms with Gasteiger partial charge in [-0.2, -0.15) is 0 Å². The zero-order valence-electron chi connectivity index (χ0n) is 18.7. The highest BCUT2D eigenvalue weighted by Crippen LogP contribution is 2.21. The lowest BCUT2D eigenvalue weighted by molar-refractivity contribution is -0.138. The molecule has 5 nitrogen and oxygen atoms in total. The average Bonchev–Trinajstić information content (AvgIpc) is 3.31. The lowest BCUT2D eigenvalue weighted by Crippen LogP contribution is -2.50. The summed E-state index contributed by atoms with van der Waals surface area (Å²) in [7, 11) is 1.60. The van der Waals surface area contributed by atoms with Gasteiger partial charge in [0.05, 0.1) is 12.9 Å². The Morgan fingerprint density at radius 2 is 1.84 bits per heavy atom. The Morgan fingerprint density at radius 3 is 2.50 bits per heavy atom. The van der Waals surface area contributed by atoms with Crippen molar-refractivity contribution >= 4 is 23.6 Å². The van der Waals surface area contributed by atoms with Crippen LogP contribution < -0.4 is 10.1 Å². The van der Waals surface area contributed by atoms with Crippen LogP contribution in [-0.4, -0.2) is 41.7 Å². The van der Waals surface area contributed by atoms with Crippen LogP contribution in [0.4, 0.5) is 4.39 Å². The predicted molar refractivity (Wildman–Crippen MR) is 126 cm³/mol. The molecule has 1 fully saturated rings. The molecule has 3 rings (SSSR count). The van der Waals surface area contributed by atoms with Crippen LogP contribution in [0.1, 0.15) is 43.7 Å². The van der Waals surface area contributed by atoms with Crippen LogP contribution in [0.2, 0.25) is 0 Å². The number of hydrogen-bond acceptors (Lipinski definition) is 4. The maximum absolute atomic E-state index is 13.9. The van der Waals surface area contributed by atoms with Crippen LogP contribution in [0.5, 0.6) is 5.75 Å². The van der Waals surface area contributed by atoms with Gasteiger partial charge in [0.15, 0.2) is 0 Å². The lowest BCUT2D eigenvalue weighted by Gasteiger charge is -2.29. The van der Waals surface area contributed by atoms with Crippen LogP contribution in [0.15, 0.2) is 48.5 Å². The van der Waals surface area contributed by atoms with Gasteiger partial charge in [-0.3, -0.25) is 9.59 Å². The monoisotopic (exact) mass is 458 g/mol. The van der Waals surface area contributed by atoms with E-state index in [1.54, 1.807) is 37.1 Å². The normalized spacial score (nSPS) is 14.7. The average molecular weight is 459 g/mol. The van der Waals surface area contributed by atoms with Gasteiger partial charge in [-0.15, -0.1) is 11.8 Å². The van der Waals surface area contributed by atoms with Crippen molar-refractivity contribution in [3.05, 3.63) is 65.5 Å². The first kappa shape index (κ1) is 24.1. The lowest BCUT2D eigenvalue weighted by atomic mass is 10.1. The number of amides is 2. The van der Waals surface area contributed by atoms with E-state index in [1.807, 2.05) is 24.3 Å². The first-order valence-electron chi connectivity index (χ1n) is 11.0. The number of carbonyl (C=O) groups excluding carboxylic acids is 2. The second-order valence-electron chi connectivity index (χ2n) is 8.12. The summed E-state index contributed by atoms with van der Waals surface area (Å²) >= 11 is 1.35. The Morgan fingerprint density at radius 1 is 1.16 bits per heavy atom. The molecular weight excluding hydrogens is 427 g/mol. The third kappa shape index (κ3) is 6.73. The van der Waals surface area contributed by atoms with E-state index in [-0.39, 0.29) is 29.4 Å². The van der Waals surface area contributed by atoms with Gasteiger partial charge in [0.25, 0.3) is 0 Å². The van der Waals surface area contributed by atoms with E-state index >= 15 is 0 Å². The zero-order chi connectivity index (χ0) is 22.9. The van der Waals surface area contributed by atoms with E-state index < -0.39 is 6.04 Å². The highest BCUT2D eigenvalue weighted by molar-refractivity contribution is 7.99. The molecule has 2 aromatic rings. The Bertz CT molecular complexity index is 900. The molecule has 0 aromatic heterocycles. The summed E-state index contributed by atoms with van der Waals surface area (Å²) in [5.41, 5.74) is 1.48. The highest BCUT2D eigenvalue weighted by Gasteiger charge is 2.28. The fourth-order valence-corrected chi connectivity index (χ4v) is 4.75. The number of rotatable bonds is 10. The Hall–Kier alpha value is -2.54. The quantitative estimate of drug-likeness (QED) is 0.568. The van der Waals surface area contributed by atoms with Crippen LogP contribution in [0.25, 0.3) is 0 Å². The Kier molecular flexibility index (Phi) is 8.97. The molecule has 0 radical (unpaired) electrons. The predicted octanol–water partition coefficient (Wildman–Crippen LogP) is 4.54. The minimum atomic E-state index is -0.598. The molecule has 1 atom stereocenters. The largest absolute Gasteiger partial charge is 0.497 e. The molecule has 1 saturated carbocycles. The van der Waals surface area contributed by atoms with Gasteiger partial charge in [0.1, 0.15) is 17.6 Å². The molecule has 172 valence electrons. The number of benzene rings is 2. The second kappa shape index (κ2) is 11.9. The van der Waals surface area contributed by atoms with Crippen molar-refractivity contribution < 1.29 is 18.7 Å². The Balaban J connectivity index is 1.66. The minimum Gasteiger partial charge on any atom is -0.497 e. The standard InChI is InChI=1S/C25H31FN2O3S/c1-18(25(30)27-21-8-4-5-9-21)28(15-19-11-13-22(31-2)14-12-19)24(29)17-32-16-20-7-3-6-10-23(20)26/h3,6-7,10-14,18,21H,4-5,8-9,15-17H2,1-2H3,(H,27,30). The number of nitrogens with zero attached hydrogens (tertiary/aromatic N) is 1. The van der Waals surface area contributed by atoms with Crippen molar-refractivity contribution in [3.8, 4) is 5.75 Å². The van der Waals surface area contributed by atoms with Gasteiger partial charge < -0.3 is 15.0 Å². The van der Waals surface area contributed by atoms with Crippen LogP contribution >= 0.6 is 11.8 Å². The van der Waals surface area contributed by atoms with Crippen molar-refractivity contribution in [3.63, 3.8) is 0 Å². The Labute approximate surface area is 193 Å². The molecule has 0 heterocycles. The molecule has 0 spiro atoms. The number of halogens is 1. The molecule has 7 heteroatoms. The third-order valence-corrected chi connectivity index (χ3v) is 6.79. The molecular formula is C25H31FN2O3S. The summed E-state index contributed by atoms with van der Waals surface area (Å²) in [5.74, 6) is 0.767. The minimum absolute atomic E-state index is 0.127. The highest BCUT2D eigenvalue weighted by atomic mass is 32.2. The number of hydrogen-bond donors (Lipinski definition) is 1. The van der Waals surface area contributed by atoms with Gasteiger partial charge in [-0.25, -0.2) is 4.39 Å². The number of thioether (sulfide) groups is 1. The summed E-state index contributed by atoms with van der Waals surface area (Å²) in [5, 5.41) is 3.10. The number of ether oxygens (including phenoxy) is 1. The van der Waals surface area contributed by atoms with Crippen molar-refractivity contribution in [2.45, 2.75) is 57.0 Å². The van der Waals surface area contributed by atoms with Crippen LogP contribution in [0, 0.1) is 5.82 Å². The molecule has 32 heavy (non-hydrogen) atoms. The van der Waals surface area contributed by atoms with E-state index in [1.165, 1.54) is 17.8 Å². The maximum Gasteiger partial charge on any atom is 0.242 e. The zero-order valence-corrected chi connectivity index (χ0v) is 19.5. The van der Waals surface area contributed by atoms with Crippen LogP contribution in [-0.2, 0) is 21.9 Å². The molecule has 0 aliphatic heterocycles. The molecule has 1 unspecified atom stereocenters. The molecule has 2 aromatic carbocycles. The number of carbonyl (C=O) groups is 2. The van der Waals surface area contributed by atoms with Gasteiger partial charge in [0, 0.05) is 18.3 Å². The van der Waals surface area contributed by atoms with Gasteiger partial charge >= 0.3 is 0 Å². The SMILES string of the molecule is COc1ccc(CN(C(=O)CSCc2ccccc2F)C(C)C(=O)NC2CCCC2)cc1. The number of methoxy groups -OCH3 is 1. The van der Waals surface area contributed by atoms with Crippen molar-refractivity contribution in [1.29, 1.82) is 0 Å². The molecule has 0 saturated heterocycles. The van der Waals surface area contributed by atoms with E-state index in [4.69, 9.17) is 4.74 Å². The number of nitrogens with one attached hydrogen (secondary N) is 1. The van der Waals surface area contributed by atoms with Gasteiger partial charge in [-0.05, 0) is 49.1 Å². The first-order valence-corrected chi connectivity index (χ1v) is 12.2.